The molecule has 168 valence electrons. The van der Waals surface area contributed by atoms with E-state index in [9.17, 15) is 4.79 Å². The number of carbonyl (C=O) groups is 1. The number of nitrogens with zero attached hydrogens (tertiary/aromatic N) is 2. The molecule has 6 aromatic rings. The van der Waals surface area contributed by atoms with E-state index in [1.165, 1.54) is 0 Å². The lowest BCUT2D eigenvalue weighted by molar-refractivity contribution is 0.0957. The molecule has 0 saturated carbocycles. The fraction of sp³-hybridized carbons (Fsp3) is 0. The number of fused-ring (bicyclic) bond motifs is 2. The summed E-state index contributed by atoms with van der Waals surface area (Å²) in [7, 11) is 0. The Hall–Kier alpha value is -4.90. The second-order valence-corrected chi connectivity index (χ2v) is 8.26. The van der Waals surface area contributed by atoms with Crippen LogP contribution >= 0.6 is 0 Å². The summed E-state index contributed by atoms with van der Waals surface area (Å²) >= 11 is 0. The number of H-pyrrole nitrogens is 1. The highest BCUT2D eigenvalue weighted by molar-refractivity contribution is 6.09. The zero-order valence-electron chi connectivity index (χ0n) is 18.8. The van der Waals surface area contributed by atoms with Gasteiger partial charge in [0.15, 0.2) is 0 Å². The largest absolute Gasteiger partial charge is 0.360 e. The summed E-state index contributed by atoms with van der Waals surface area (Å²) < 4.78 is 2.24. The highest BCUT2D eigenvalue weighted by atomic mass is 16.2. The molecular formula is C30H22N4O. The topological polar surface area (TPSA) is 62.2 Å². The maximum absolute atomic E-state index is 12.9. The maximum Gasteiger partial charge on any atom is 0.273 e. The standard InChI is InChI=1S/C30H22N4O/c35-30(26-19-31-27-17-9-7-15-23(26)27)33-32-20-25-24-16-8-10-18-28(24)34(22-13-5-2-6-14-22)29(25)21-11-3-1-4-12-21/h1-20,31H,(H,33,35). The number of para-hydroxylation sites is 3. The van der Waals surface area contributed by atoms with E-state index in [1.54, 1.807) is 12.4 Å². The number of hydrazone groups is 1. The van der Waals surface area contributed by atoms with Crippen LogP contribution in [0.4, 0.5) is 0 Å². The molecule has 0 unspecified atom stereocenters. The van der Waals surface area contributed by atoms with Crippen LogP contribution in [0.25, 0.3) is 38.8 Å². The van der Waals surface area contributed by atoms with Crippen molar-refractivity contribution in [1.29, 1.82) is 0 Å². The van der Waals surface area contributed by atoms with Crippen molar-refractivity contribution in [3.8, 4) is 16.9 Å². The Kier molecular flexibility index (Phi) is 5.20. The van der Waals surface area contributed by atoms with E-state index in [4.69, 9.17) is 0 Å². The zero-order valence-corrected chi connectivity index (χ0v) is 18.8. The van der Waals surface area contributed by atoms with Gasteiger partial charge < -0.3 is 9.55 Å². The van der Waals surface area contributed by atoms with Crippen molar-refractivity contribution in [3.05, 3.63) is 127 Å². The smallest absolute Gasteiger partial charge is 0.273 e. The first kappa shape index (κ1) is 20.7. The van der Waals surface area contributed by atoms with Crippen LogP contribution in [0.15, 0.2) is 120 Å². The van der Waals surface area contributed by atoms with Gasteiger partial charge in [0.05, 0.1) is 23.0 Å². The van der Waals surface area contributed by atoms with Crippen LogP contribution < -0.4 is 5.43 Å². The van der Waals surface area contributed by atoms with Gasteiger partial charge in [-0.1, -0.05) is 84.9 Å². The zero-order chi connectivity index (χ0) is 23.6. The predicted molar refractivity (Wildman–Crippen MR) is 142 cm³/mol. The predicted octanol–water partition coefficient (Wildman–Crippen LogP) is 6.54. The lowest BCUT2D eigenvalue weighted by atomic mass is 10.1. The minimum atomic E-state index is -0.258. The summed E-state index contributed by atoms with van der Waals surface area (Å²) in [6.45, 7) is 0. The fourth-order valence-electron chi connectivity index (χ4n) is 4.60. The van der Waals surface area contributed by atoms with Crippen molar-refractivity contribution >= 4 is 33.9 Å². The van der Waals surface area contributed by atoms with Gasteiger partial charge in [-0.15, -0.1) is 0 Å². The molecule has 1 amide bonds. The van der Waals surface area contributed by atoms with Crippen molar-refractivity contribution in [2.75, 3.05) is 0 Å². The number of amides is 1. The van der Waals surface area contributed by atoms with E-state index in [2.05, 4.69) is 56.5 Å². The van der Waals surface area contributed by atoms with Crippen LogP contribution in [-0.2, 0) is 0 Å². The Morgan fingerprint density at radius 1 is 0.771 bits per heavy atom. The molecule has 0 saturated heterocycles. The second kappa shape index (κ2) is 8.80. The molecule has 0 radical (unpaired) electrons. The van der Waals surface area contributed by atoms with Gasteiger partial charge in [-0.05, 0) is 29.8 Å². The minimum absolute atomic E-state index is 0.258. The number of aromatic amines is 1. The summed E-state index contributed by atoms with van der Waals surface area (Å²) in [5.41, 5.74) is 9.35. The molecule has 35 heavy (non-hydrogen) atoms. The third-order valence-electron chi connectivity index (χ3n) is 6.17. The fourth-order valence-corrected chi connectivity index (χ4v) is 4.60. The summed E-state index contributed by atoms with van der Waals surface area (Å²) in [5, 5.41) is 6.32. The Bertz CT molecular complexity index is 1680. The SMILES string of the molecule is O=C(NN=Cc1c(-c2ccccc2)n(-c2ccccc2)c2ccccc12)c1c[nH]c2ccccc12. The van der Waals surface area contributed by atoms with Gasteiger partial charge in [0.2, 0.25) is 0 Å². The summed E-state index contributed by atoms with van der Waals surface area (Å²) in [6.07, 6.45) is 3.46. The van der Waals surface area contributed by atoms with Crippen molar-refractivity contribution in [1.82, 2.24) is 15.0 Å². The number of hydrogen-bond donors (Lipinski definition) is 2. The van der Waals surface area contributed by atoms with E-state index in [-0.39, 0.29) is 5.91 Å². The van der Waals surface area contributed by atoms with Crippen LogP contribution in [-0.4, -0.2) is 21.7 Å². The van der Waals surface area contributed by atoms with Crippen LogP contribution in [0.1, 0.15) is 15.9 Å². The van der Waals surface area contributed by atoms with E-state index < -0.39 is 0 Å². The number of benzene rings is 4. The molecule has 2 aromatic heterocycles. The van der Waals surface area contributed by atoms with Crippen LogP contribution in [0.2, 0.25) is 0 Å². The van der Waals surface area contributed by atoms with Gasteiger partial charge >= 0.3 is 0 Å². The molecule has 0 aliphatic carbocycles. The Morgan fingerprint density at radius 3 is 2.23 bits per heavy atom. The second-order valence-electron chi connectivity index (χ2n) is 8.26. The van der Waals surface area contributed by atoms with Gasteiger partial charge in [-0.25, -0.2) is 5.43 Å². The van der Waals surface area contributed by atoms with E-state index in [0.29, 0.717) is 5.56 Å². The molecule has 2 N–H and O–H groups in total. The van der Waals surface area contributed by atoms with E-state index >= 15 is 0 Å². The summed E-state index contributed by atoms with van der Waals surface area (Å²) in [5.74, 6) is -0.258. The van der Waals surface area contributed by atoms with Crippen molar-refractivity contribution in [2.45, 2.75) is 0 Å². The molecule has 0 bridgehead atoms. The lowest BCUT2D eigenvalue weighted by Crippen LogP contribution is -2.17. The molecule has 2 heterocycles. The molecule has 5 nitrogen and oxygen atoms in total. The van der Waals surface area contributed by atoms with Gasteiger partial charge in [0.25, 0.3) is 5.91 Å². The van der Waals surface area contributed by atoms with Gasteiger partial charge in [0, 0.05) is 33.7 Å². The number of aromatic nitrogens is 2. The maximum atomic E-state index is 12.9. The quantitative estimate of drug-likeness (QED) is 0.225. The first-order chi connectivity index (χ1) is 17.3. The van der Waals surface area contributed by atoms with Crippen LogP contribution in [0, 0.1) is 0 Å². The Morgan fingerprint density at radius 2 is 1.43 bits per heavy atom. The third-order valence-corrected chi connectivity index (χ3v) is 6.17. The average molecular weight is 455 g/mol. The van der Waals surface area contributed by atoms with E-state index in [1.807, 2.05) is 72.8 Å². The first-order valence-electron chi connectivity index (χ1n) is 11.4. The van der Waals surface area contributed by atoms with Gasteiger partial charge in [-0.3, -0.25) is 4.79 Å². The van der Waals surface area contributed by atoms with Gasteiger partial charge in [0.1, 0.15) is 0 Å². The number of carbonyl (C=O) groups excluding carboxylic acids is 1. The Labute approximate surface area is 202 Å². The monoisotopic (exact) mass is 454 g/mol. The van der Waals surface area contributed by atoms with Crippen molar-refractivity contribution in [3.63, 3.8) is 0 Å². The molecule has 4 aromatic carbocycles. The Balaban J connectivity index is 1.46. The normalized spacial score (nSPS) is 11.4. The molecule has 0 atom stereocenters. The third kappa shape index (κ3) is 3.69. The molecular weight excluding hydrogens is 432 g/mol. The highest BCUT2D eigenvalue weighted by Gasteiger charge is 2.19. The van der Waals surface area contributed by atoms with Crippen LogP contribution in [0.3, 0.4) is 0 Å². The number of rotatable bonds is 5. The lowest BCUT2D eigenvalue weighted by Gasteiger charge is -2.12. The molecule has 0 spiro atoms. The molecule has 0 aliphatic heterocycles. The summed E-state index contributed by atoms with van der Waals surface area (Å²) in [4.78, 5) is 16.0. The van der Waals surface area contributed by atoms with Crippen molar-refractivity contribution in [2.24, 2.45) is 5.10 Å². The highest BCUT2D eigenvalue weighted by Crippen LogP contribution is 2.35. The minimum Gasteiger partial charge on any atom is -0.360 e. The molecule has 6 rings (SSSR count). The first-order valence-corrected chi connectivity index (χ1v) is 11.4. The van der Waals surface area contributed by atoms with Gasteiger partial charge in [-0.2, -0.15) is 5.10 Å². The molecule has 0 aliphatic rings. The number of nitrogens with one attached hydrogen (secondary N) is 2. The van der Waals surface area contributed by atoms with Crippen LogP contribution in [0.5, 0.6) is 0 Å². The number of hydrogen-bond acceptors (Lipinski definition) is 2. The molecule has 5 heteroatoms. The van der Waals surface area contributed by atoms with E-state index in [0.717, 1.165) is 44.3 Å². The van der Waals surface area contributed by atoms with Crippen molar-refractivity contribution < 1.29 is 4.79 Å². The average Bonchev–Trinajstić information content (AvgIpc) is 3.49. The molecule has 0 fully saturated rings. The summed E-state index contributed by atoms with van der Waals surface area (Å²) in [6, 6.07) is 36.5.